The van der Waals surface area contributed by atoms with Crippen LogP contribution in [0.5, 0.6) is 0 Å². The molecule has 0 aliphatic rings. The fourth-order valence-corrected chi connectivity index (χ4v) is 1.62. The Morgan fingerprint density at radius 3 is 2.93 bits per heavy atom. The molecule has 1 N–H and O–H groups in total. The van der Waals surface area contributed by atoms with Crippen molar-refractivity contribution in [3.63, 3.8) is 0 Å². The molecule has 0 unspecified atom stereocenters. The first-order valence-corrected chi connectivity index (χ1v) is 4.76. The minimum atomic E-state index is -0.352. The minimum absolute atomic E-state index is 0.351. The highest BCUT2D eigenvalue weighted by atomic mass is 35.5. The van der Waals surface area contributed by atoms with Crippen LogP contribution in [0.2, 0.25) is 5.02 Å². The van der Waals surface area contributed by atoms with E-state index in [0.29, 0.717) is 16.7 Å². The van der Waals surface area contributed by atoms with Crippen LogP contribution in [0.1, 0.15) is 0 Å². The SMILES string of the molecule is CNc1nccn1-c1ccc(F)cc1Cl. The number of rotatable bonds is 2. The molecule has 78 valence electrons. The van der Waals surface area contributed by atoms with E-state index in [-0.39, 0.29) is 5.82 Å². The third kappa shape index (κ3) is 1.80. The van der Waals surface area contributed by atoms with Gasteiger partial charge < -0.3 is 5.32 Å². The van der Waals surface area contributed by atoms with Crippen LogP contribution in [0.25, 0.3) is 5.69 Å². The Hall–Kier alpha value is -1.55. The zero-order valence-corrected chi connectivity index (χ0v) is 8.79. The van der Waals surface area contributed by atoms with Gasteiger partial charge in [0, 0.05) is 19.4 Å². The molecule has 0 amide bonds. The molecule has 0 saturated heterocycles. The summed E-state index contributed by atoms with van der Waals surface area (Å²) in [5, 5.41) is 3.27. The summed E-state index contributed by atoms with van der Waals surface area (Å²) < 4.78 is 14.6. The molecule has 2 rings (SSSR count). The predicted molar refractivity (Wildman–Crippen MR) is 58.1 cm³/mol. The van der Waals surface area contributed by atoms with Gasteiger partial charge in [0.15, 0.2) is 0 Å². The van der Waals surface area contributed by atoms with Crippen LogP contribution in [0, 0.1) is 5.82 Å². The lowest BCUT2D eigenvalue weighted by molar-refractivity contribution is 0.627. The van der Waals surface area contributed by atoms with Crippen molar-refractivity contribution >= 4 is 17.5 Å². The Morgan fingerprint density at radius 1 is 1.47 bits per heavy atom. The second-order valence-corrected chi connectivity index (χ2v) is 3.37. The van der Waals surface area contributed by atoms with Crippen molar-refractivity contribution in [3.8, 4) is 5.69 Å². The number of hydrogen-bond donors (Lipinski definition) is 1. The first-order valence-electron chi connectivity index (χ1n) is 4.39. The molecule has 5 heteroatoms. The van der Waals surface area contributed by atoms with Gasteiger partial charge in [0.2, 0.25) is 5.95 Å². The van der Waals surface area contributed by atoms with E-state index in [0.717, 1.165) is 0 Å². The molecule has 0 bridgehead atoms. The van der Waals surface area contributed by atoms with Crippen molar-refractivity contribution in [3.05, 3.63) is 41.4 Å². The Kier molecular flexibility index (Phi) is 2.60. The summed E-state index contributed by atoms with van der Waals surface area (Å²) >= 11 is 5.93. The third-order valence-corrected chi connectivity index (χ3v) is 2.34. The van der Waals surface area contributed by atoms with Crippen molar-refractivity contribution in [1.29, 1.82) is 0 Å². The molecular weight excluding hydrogens is 217 g/mol. The first kappa shape index (κ1) is 9.98. The summed E-state index contributed by atoms with van der Waals surface area (Å²) in [6.45, 7) is 0. The summed E-state index contributed by atoms with van der Waals surface area (Å²) in [6.07, 6.45) is 3.40. The average molecular weight is 226 g/mol. The Bertz CT molecular complexity index is 481. The van der Waals surface area contributed by atoms with Crippen molar-refractivity contribution in [2.45, 2.75) is 0 Å². The van der Waals surface area contributed by atoms with Gasteiger partial charge in [0.1, 0.15) is 5.82 Å². The molecule has 0 aliphatic carbocycles. The summed E-state index contributed by atoms with van der Waals surface area (Å²) in [7, 11) is 1.76. The van der Waals surface area contributed by atoms with Gasteiger partial charge in [-0.1, -0.05) is 11.6 Å². The van der Waals surface area contributed by atoms with Crippen LogP contribution in [0.4, 0.5) is 10.3 Å². The molecule has 0 spiro atoms. The molecule has 0 fully saturated rings. The van der Waals surface area contributed by atoms with Gasteiger partial charge in [-0.15, -0.1) is 0 Å². The molecule has 0 aliphatic heterocycles. The van der Waals surface area contributed by atoms with Gasteiger partial charge in [-0.3, -0.25) is 4.57 Å². The smallest absolute Gasteiger partial charge is 0.207 e. The largest absolute Gasteiger partial charge is 0.358 e. The van der Waals surface area contributed by atoms with Gasteiger partial charge in [-0.25, -0.2) is 9.37 Å². The molecule has 15 heavy (non-hydrogen) atoms. The van der Waals surface area contributed by atoms with E-state index >= 15 is 0 Å². The zero-order chi connectivity index (χ0) is 10.8. The van der Waals surface area contributed by atoms with Crippen molar-refractivity contribution in [2.24, 2.45) is 0 Å². The van der Waals surface area contributed by atoms with Crippen LogP contribution in [-0.2, 0) is 0 Å². The second kappa shape index (κ2) is 3.90. The highest BCUT2D eigenvalue weighted by Crippen LogP contribution is 2.23. The van der Waals surface area contributed by atoms with Gasteiger partial charge in [-0.05, 0) is 18.2 Å². The van der Waals surface area contributed by atoms with Crippen molar-refractivity contribution in [1.82, 2.24) is 9.55 Å². The van der Waals surface area contributed by atoms with Gasteiger partial charge in [-0.2, -0.15) is 0 Å². The van der Waals surface area contributed by atoms with Gasteiger partial charge in [0.05, 0.1) is 10.7 Å². The summed E-state index contributed by atoms with van der Waals surface area (Å²) in [5.41, 5.74) is 0.694. The van der Waals surface area contributed by atoms with Crippen LogP contribution < -0.4 is 5.32 Å². The van der Waals surface area contributed by atoms with E-state index in [2.05, 4.69) is 10.3 Å². The van der Waals surface area contributed by atoms with Crippen LogP contribution >= 0.6 is 11.6 Å². The second-order valence-electron chi connectivity index (χ2n) is 2.97. The normalized spacial score (nSPS) is 10.3. The minimum Gasteiger partial charge on any atom is -0.358 e. The van der Waals surface area contributed by atoms with Gasteiger partial charge >= 0.3 is 0 Å². The third-order valence-electron chi connectivity index (χ3n) is 2.03. The zero-order valence-electron chi connectivity index (χ0n) is 8.04. The van der Waals surface area contributed by atoms with Crippen LogP contribution in [0.15, 0.2) is 30.6 Å². The molecular formula is C10H9ClFN3. The molecule has 1 heterocycles. The Morgan fingerprint density at radius 2 is 2.27 bits per heavy atom. The van der Waals surface area contributed by atoms with Crippen LogP contribution in [0.3, 0.4) is 0 Å². The standard InChI is InChI=1S/C10H9ClFN3/c1-13-10-14-4-5-15(10)9-3-2-7(12)6-8(9)11/h2-6H,1H3,(H,13,14). The number of halogens is 2. The monoisotopic (exact) mass is 225 g/mol. The lowest BCUT2D eigenvalue weighted by atomic mass is 10.3. The van der Waals surface area contributed by atoms with E-state index in [9.17, 15) is 4.39 Å². The van der Waals surface area contributed by atoms with Gasteiger partial charge in [0.25, 0.3) is 0 Å². The quantitative estimate of drug-likeness (QED) is 0.852. The average Bonchev–Trinajstić information content (AvgIpc) is 2.65. The number of nitrogens with one attached hydrogen (secondary N) is 1. The predicted octanol–water partition coefficient (Wildman–Crippen LogP) is 2.71. The maximum absolute atomic E-state index is 12.8. The fraction of sp³-hybridized carbons (Fsp3) is 0.100. The van der Waals surface area contributed by atoms with E-state index in [1.54, 1.807) is 30.1 Å². The summed E-state index contributed by atoms with van der Waals surface area (Å²) in [6, 6.07) is 4.25. The molecule has 0 atom stereocenters. The van der Waals surface area contributed by atoms with E-state index in [4.69, 9.17) is 11.6 Å². The summed E-state index contributed by atoms with van der Waals surface area (Å²) in [4.78, 5) is 4.07. The molecule has 2 aromatic rings. The highest BCUT2D eigenvalue weighted by molar-refractivity contribution is 6.32. The lowest BCUT2D eigenvalue weighted by Gasteiger charge is -2.08. The Labute approximate surface area is 91.5 Å². The number of nitrogens with zero attached hydrogens (tertiary/aromatic N) is 2. The van der Waals surface area contributed by atoms with Crippen LogP contribution in [-0.4, -0.2) is 16.6 Å². The van der Waals surface area contributed by atoms with Crippen molar-refractivity contribution < 1.29 is 4.39 Å². The molecule has 0 radical (unpaired) electrons. The number of hydrogen-bond acceptors (Lipinski definition) is 2. The number of aromatic nitrogens is 2. The maximum atomic E-state index is 12.8. The number of imidazole rings is 1. The highest BCUT2D eigenvalue weighted by Gasteiger charge is 2.07. The topological polar surface area (TPSA) is 29.9 Å². The van der Waals surface area contributed by atoms with E-state index in [1.165, 1.54) is 12.1 Å². The molecule has 1 aromatic carbocycles. The maximum Gasteiger partial charge on any atom is 0.207 e. The number of anilines is 1. The molecule has 1 aromatic heterocycles. The molecule has 0 saturated carbocycles. The summed E-state index contributed by atoms with van der Waals surface area (Å²) in [5.74, 6) is 0.304. The van der Waals surface area contributed by atoms with Crippen molar-refractivity contribution in [2.75, 3.05) is 12.4 Å². The van der Waals surface area contributed by atoms with E-state index < -0.39 is 0 Å². The van der Waals surface area contributed by atoms with E-state index in [1.807, 2.05) is 0 Å². The molecule has 3 nitrogen and oxygen atoms in total. The fourth-order valence-electron chi connectivity index (χ4n) is 1.36. The number of benzene rings is 1. The lowest BCUT2D eigenvalue weighted by Crippen LogP contribution is -2.01. The Balaban J connectivity index is 2.54. The first-order chi connectivity index (χ1) is 7.22.